The van der Waals surface area contributed by atoms with Gasteiger partial charge in [0.25, 0.3) is 11.5 Å². The van der Waals surface area contributed by atoms with Gasteiger partial charge >= 0.3 is 0 Å². The van der Waals surface area contributed by atoms with Crippen molar-refractivity contribution in [2.75, 3.05) is 37.7 Å². The standard InChI is InChI=1S/C18H21N5O3/c1-21-4-2-13(10-16(21)24)17(25)22-5-7-23(8-6-22)18-19-11-14-12-26-9-3-15(14)20-18/h2,4,10-11H,3,5-9,12H2,1H3. The Hall–Kier alpha value is -2.74. The van der Waals surface area contributed by atoms with Crippen LogP contribution < -0.4 is 10.5 Å². The average Bonchev–Trinajstić information content (AvgIpc) is 2.69. The number of pyridine rings is 1. The SMILES string of the molecule is Cn1ccc(C(=O)N2CCN(c3ncc4c(n3)CCOC4)CC2)cc1=O. The van der Waals surface area contributed by atoms with Crippen LogP contribution in [0.2, 0.25) is 0 Å². The molecule has 0 saturated carbocycles. The zero-order chi connectivity index (χ0) is 18.1. The fourth-order valence-electron chi connectivity index (χ4n) is 3.25. The molecule has 0 radical (unpaired) electrons. The van der Waals surface area contributed by atoms with Gasteiger partial charge < -0.3 is 19.1 Å². The summed E-state index contributed by atoms with van der Waals surface area (Å²) < 4.78 is 6.87. The van der Waals surface area contributed by atoms with E-state index in [-0.39, 0.29) is 11.5 Å². The van der Waals surface area contributed by atoms with Gasteiger partial charge in [0, 0.05) is 69.2 Å². The molecule has 2 aromatic heterocycles. The topological polar surface area (TPSA) is 80.6 Å². The van der Waals surface area contributed by atoms with E-state index >= 15 is 0 Å². The Labute approximate surface area is 151 Å². The van der Waals surface area contributed by atoms with Crippen molar-refractivity contribution in [1.29, 1.82) is 0 Å². The van der Waals surface area contributed by atoms with Gasteiger partial charge in [0.05, 0.1) is 18.9 Å². The number of amides is 1. The molecule has 8 heteroatoms. The highest BCUT2D eigenvalue weighted by atomic mass is 16.5. The number of aromatic nitrogens is 3. The number of hydrogen-bond donors (Lipinski definition) is 0. The molecule has 0 aromatic carbocycles. The molecule has 8 nitrogen and oxygen atoms in total. The van der Waals surface area contributed by atoms with Crippen LogP contribution >= 0.6 is 0 Å². The molecule has 0 aliphatic carbocycles. The maximum Gasteiger partial charge on any atom is 0.254 e. The van der Waals surface area contributed by atoms with Crippen molar-refractivity contribution < 1.29 is 9.53 Å². The molecule has 1 fully saturated rings. The Bertz CT molecular complexity index is 887. The minimum Gasteiger partial charge on any atom is -0.376 e. The third kappa shape index (κ3) is 3.20. The van der Waals surface area contributed by atoms with E-state index in [2.05, 4.69) is 14.9 Å². The van der Waals surface area contributed by atoms with Crippen molar-refractivity contribution in [2.24, 2.45) is 7.05 Å². The number of nitrogens with zero attached hydrogens (tertiary/aromatic N) is 5. The van der Waals surface area contributed by atoms with Crippen LogP contribution in [0.25, 0.3) is 0 Å². The number of carbonyl (C=O) groups excluding carboxylic acids is 1. The Morgan fingerprint density at radius 2 is 2.04 bits per heavy atom. The van der Waals surface area contributed by atoms with Crippen molar-refractivity contribution in [1.82, 2.24) is 19.4 Å². The summed E-state index contributed by atoms with van der Waals surface area (Å²) in [6.07, 6.45) is 4.27. The Balaban J connectivity index is 1.43. The lowest BCUT2D eigenvalue weighted by atomic mass is 10.1. The molecule has 26 heavy (non-hydrogen) atoms. The molecule has 136 valence electrons. The van der Waals surface area contributed by atoms with Crippen LogP contribution in [0.5, 0.6) is 0 Å². The summed E-state index contributed by atoms with van der Waals surface area (Å²) in [4.78, 5) is 37.4. The molecule has 4 heterocycles. The first-order valence-corrected chi connectivity index (χ1v) is 8.75. The number of carbonyl (C=O) groups is 1. The monoisotopic (exact) mass is 355 g/mol. The molecule has 1 saturated heterocycles. The van der Waals surface area contributed by atoms with Gasteiger partial charge in [-0.3, -0.25) is 9.59 Å². The molecule has 4 rings (SSSR count). The molecule has 2 aliphatic heterocycles. The summed E-state index contributed by atoms with van der Waals surface area (Å²) in [6.45, 7) is 3.78. The van der Waals surface area contributed by atoms with Crippen molar-refractivity contribution >= 4 is 11.9 Å². The quantitative estimate of drug-likeness (QED) is 0.766. The summed E-state index contributed by atoms with van der Waals surface area (Å²) in [5.74, 6) is 0.609. The molecular weight excluding hydrogens is 334 g/mol. The van der Waals surface area contributed by atoms with E-state index in [0.717, 1.165) is 17.7 Å². The van der Waals surface area contributed by atoms with E-state index in [0.29, 0.717) is 50.9 Å². The van der Waals surface area contributed by atoms with Crippen LogP contribution in [0.15, 0.2) is 29.3 Å². The number of anilines is 1. The fraction of sp³-hybridized carbons (Fsp3) is 0.444. The van der Waals surface area contributed by atoms with Gasteiger partial charge in [0.15, 0.2) is 0 Å². The minimum absolute atomic E-state index is 0.106. The number of rotatable bonds is 2. The van der Waals surface area contributed by atoms with Crippen LogP contribution in [0.1, 0.15) is 21.6 Å². The van der Waals surface area contributed by atoms with E-state index in [1.54, 1.807) is 24.2 Å². The second-order valence-corrected chi connectivity index (χ2v) is 6.59. The van der Waals surface area contributed by atoms with Crippen molar-refractivity contribution in [3.05, 3.63) is 51.7 Å². The molecule has 0 N–H and O–H groups in total. The molecular formula is C18H21N5O3. The largest absolute Gasteiger partial charge is 0.376 e. The molecule has 2 aromatic rings. The van der Waals surface area contributed by atoms with Crippen LogP contribution in [-0.4, -0.2) is 58.1 Å². The van der Waals surface area contributed by atoms with Crippen LogP contribution in [0.4, 0.5) is 5.95 Å². The Morgan fingerprint density at radius 3 is 2.81 bits per heavy atom. The third-order valence-corrected chi connectivity index (χ3v) is 4.88. The normalized spacial score (nSPS) is 17.1. The van der Waals surface area contributed by atoms with E-state index in [4.69, 9.17) is 4.74 Å². The van der Waals surface area contributed by atoms with E-state index in [1.165, 1.54) is 10.6 Å². The van der Waals surface area contributed by atoms with Gasteiger partial charge in [-0.25, -0.2) is 9.97 Å². The van der Waals surface area contributed by atoms with Crippen molar-refractivity contribution in [3.8, 4) is 0 Å². The Morgan fingerprint density at radius 1 is 1.23 bits per heavy atom. The molecule has 0 unspecified atom stereocenters. The zero-order valence-corrected chi connectivity index (χ0v) is 14.7. The van der Waals surface area contributed by atoms with Gasteiger partial charge in [-0.15, -0.1) is 0 Å². The van der Waals surface area contributed by atoms with Crippen LogP contribution in [-0.2, 0) is 24.8 Å². The summed E-state index contributed by atoms with van der Waals surface area (Å²) in [5.41, 5.74) is 2.37. The highest BCUT2D eigenvalue weighted by Crippen LogP contribution is 2.18. The summed E-state index contributed by atoms with van der Waals surface area (Å²) in [5, 5.41) is 0. The number of piperazine rings is 1. The maximum absolute atomic E-state index is 12.6. The van der Waals surface area contributed by atoms with Crippen molar-refractivity contribution in [3.63, 3.8) is 0 Å². The first-order valence-electron chi connectivity index (χ1n) is 8.75. The number of ether oxygens (including phenoxy) is 1. The van der Waals surface area contributed by atoms with Gasteiger partial charge in [-0.1, -0.05) is 0 Å². The molecule has 0 atom stereocenters. The molecule has 1 amide bonds. The van der Waals surface area contributed by atoms with Crippen LogP contribution in [0, 0.1) is 0 Å². The van der Waals surface area contributed by atoms with Gasteiger partial charge in [-0.05, 0) is 6.07 Å². The minimum atomic E-state index is -0.180. The zero-order valence-electron chi connectivity index (χ0n) is 14.7. The van der Waals surface area contributed by atoms with Gasteiger partial charge in [-0.2, -0.15) is 0 Å². The lowest BCUT2D eigenvalue weighted by Gasteiger charge is -2.35. The summed E-state index contributed by atoms with van der Waals surface area (Å²) >= 11 is 0. The maximum atomic E-state index is 12.6. The summed E-state index contributed by atoms with van der Waals surface area (Å²) in [7, 11) is 1.67. The highest BCUT2D eigenvalue weighted by Gasteiger charge is 2.24. The first kappa shape index (κ1) is 16.7. The lowest BCUT2D eigenvalue weighted by molar-refractivity contribution is 0.0745. The second kappa shape index (κ2) is 6.87. The number of fused-ring (bicyclic) bond motifs is 1. The van der Waals surface area contributed by atoms with E-state index < -0.39 is 0 Å². The lowest BCUT2D eigenvalue weighted by Crippen LogP contribution is -2.49. The highest BCUT2D eigenvalue weighted by molar-refractivity contribution is 5.94. The van der Waals surface area contributed by atoms with E-state index in [9.17, 15) is 9.59 Å². The number of hydrogen-bond acceptors (Lipinski definition) is 6. The third-order valence-electron chi connectivity index (χ3n) is 4.88. The number of aryl methyl sites for hydroxylation is 1. The Kier molecular flexibility index (Phi) is 4.42. The molecule has 2 aliphatic rings. The molecule has 0 spiro atoms. The van der Waals surface area contributed by atoms with Gasteiger partial charge in [0.2, 0.25) is 5.95 Å². The smallest absolute Gasteiger partial charge is 0.254 e. The van der Waals surface area contributed by atoms with Gasteiger partial charge in [0.1, 0.15) is 0 Å². The predicted molar refractivity (Wildman–Crippen MR) is 95.2 cm³/mol. The second-order valence-electron chi connectivity index (χ2n) is 6.59. The average molecular weight is 355 g/mol. The molecule has 0 bridgehead atoms. The first-order chi connectivity index (χ1) is 12.6. The summed E-state index contributed by atoms with van der Waals surface area (Å²) in [6, 6.07) is 3.08. The predicted octanol–water partition coefficient (Wildman–Crippen LogP) is 0.210. The van der Waals surface area contributed by atoms with Crippen LogP contribution in [0.3, 0.4) is 0 Å². The van der Waals surface area contributed by atoms with Crippen molar-refractivity contribution in [2.45, 2.75) is 13.0 Å². The van der Waals surface area contributed by atoms with E-state index in [1.807, 2.05) is 6.20 Å². The fourth-order valence-corrected chi connectivity index (χ4v) is 3.25.